The van der Waals surface area contributed by atoms with E-state index in [0.29, 0.717) is 39.8 Å². The molecule has 0 radical (unpaired) electrons. The Balaban J connectivity index is 1.83. The third kappa shape index (κ3) is 4.70. The van der Waals surface area contributed by atoms with Crippen molar-refractivity contribution in [1.29, 1.82) is 0 Å². The zero-order chi connectivity index (χ0) is 21.5. The van der Waals surface area contributed by atoms with Gasteiger partial charge in [0.25, 0.3) is 11.8 Å². The van der Waals surface area contributed by atoms with Crippen LogP contribution in [0.5, 0.6) is 17.2 Å². The molecule has 7 heteroatoms. The van der Waals surface area contributed by atoms with E-state index in [2.05, 4.69) is 10.6 Å². The average Bonchev–Trinajstić information content (AvgIpc) is 2.78. The van der Waals surface area contributed by atoms with Gasteiger partial charge in [0.15, 0.2) is 0 Å². The van der Waals surface area contributed by atoms with Crippen LogP contribution in [0.1, 0.15) is 20.7 Å². The van der Waals surface area contributed by atoms with E-state index in [4.69, 9.17) is 14.2 Å². The third-order valence-corrected chi connectivity index (χ3v) is 4.40. The van der Waals surface area contributed by atoms with Crippen molar-refractivity contribution in [1.82, 2.24) is 0 Å². The second kappa shape index (κ2) is 9.47. The first-order valence-electron chi connectivity index (χ1n) is 9.13. The molecule has 0 fully saturated rings. The van der Waals surface area contributed by atoms with Gasteiger partial charge in [0, 0.05) is 17.8 Å². The summed E-state index contributed by atoms with van der Waals surface area (Å²) in [5.74, 6) is 0.796. The van der Waals surface area contributed by atoms with Gasteiger partial charge in [-0.3, -0.25) is 9.59 Å². The van der Waals surface area contributed by atoms with E-state index in [1.807, 2.05) is 0 Å². The Hall–Kier alpha value is -4.00. The zero-order valence-corrected chi connectivity index (χ0v) is 16.9. The highest BCUT2D eigenvalue weighted by Crippen LogP contribution is 2.26. The Kier molecular flexibility index (Phi) is 6.54. The molecule has 0 saturated carbocycles. The first-order chi connectivity index (χ1) is 14.5. The van der Waals surface area contributed by atoms with Crippen LogP contribution in [0.15, 0.2) is 66.7 Å². The van der Waals surface area contributed by atoms with Crippen molar-refractivity contribution in [3.63, 3.8) is 0 Å². The maximum Gasteiger partial charge on any atom is 0.259 e. The number of ether oxygens (including phenoxy) is 3. The number of para-hydroxylation sites is 1. The molecule has 0 aliphatic heterocycles. The van der Waals surface area contributed by atoms with Gasteiger partial charge >= 0.3 is 0 Å². The third-order valence-electron chi connectivity index (χ3n) is 4.40. The van der Waals surface area contributed by atoms with Crippen molar-refractivity contribution in [2.24, 2.45) is 0 Å². The summed E-state index contributed by atoms with van der Waals surface area (Å²) < 4.78 is 15.6. The zero-order valence-electron chi connectivity index (χ0n) is 16.9. The molecular formula is C23H22N2O5. The number of rotatable bonds is 7. The number of benzene rings is 3. The van der Waals surface area contributed by atoms with Crippen LogP contribution in [0.2, 0.25) is 0 Å². The Morgan fingerprint density at radius 2 is 1.37 bits per heavy atom. The number of anilines is 2. The first-order valence-corrected chi connectivity index (χ1v) is 9.13. The number of nitrogens with one attached hydrogen (secondary N) is 2. The molecule has 7 nitrogen and oxygen atoms in total. The van der Waals surface area contributed by atoms with Gasteiger partial charge in [-0.2, -0.15) is 0 Å². The van der Waals surface area contributed by atoms with E-state index < -0.39 is 5.91 Å². The Morgan fingerprint density at radius 3 is 2.10 bits per heavy atom. The summed E-state index contributed by atoms with van der Waals surface area (Å²) in [5, 5.41) is 5.60. The minimum atomic E-state index is -0.406. The smallest absolute Gasteiger partial charge is 0.259 e. The molecule has 0 aliphatic carbocycles. The number of methoxy groups -OCH3 is 3. The molecule has 3 rings (SSSR count). The lowest BCUT2D eigenvalue weighted by Gasteiger charge is -2.14. The molecule has 0 aromatic heterocycles. The molecule has 0 heterocycles. The Bertz CT molecular complexity index is 1060. The predicted octanol–water partition coefficient (Wildman–Crippen LogP) is 4.22. The normalized spacial score (nSPS) is 10.1. The average molecular weight is 406 g/mol. The molecule has 0 unspecified atom stereocenters. The summed E-state index contributed by atoms with van der Waals surface area (Å²) in [6, 6.07) is 18.7. The van der Waals surface area contributed by atoms with Crippen molar-refractivity contribution < 1.29 is 23.8 Å². The second-order valence-electron chi connectivity index (χ2n) is 6.25. The molecule has 154 valence electrons. The summed E-state index contributed by atoms with van der Waals surface area (Å²) in [5.41, 5.74) is 1.60. The molecule has 0 atom stereocenters. The van der Waals surface area contributed by atoms with E-state index in [9.17, 15) is 9.59 Å². The first kappa shape index (κ1) is 20.7. The number of amides is 2. The van der Waals surface area contributed by atoms with Crippen LogP contribution in [-0.2, 0) is 0 Å². The molecule has 30 heavy (non-hydrogen) atoms. The highest BCUT2D eigenvalue weighted by molar-refractivity contribution is 6.13. The molecule has 3 aromatic rings. The van der Waals surface area contributed by atoms with Crippen LogP contribution in [-0.4, -0.2) is 33.1 Å². The summed E-state index contributed by atoms with van der Waals surface area (Å²) >= 11 is 0. The molecule has 3 aromatic carbocycles. The Labute approximate surface area is 174 Å². The number of hydrogen-bond donors (Lipinski definition) is 2. The van der Waals surface area contributed by atoms with E-state index in [0.717, 1.165) is 0 Å². The fraction of sp³-hybridized carbons (Fsp3) is 0.130. The lowest BCUT2D eigenvalue weighted by molar-refractivity contribution is 0.102. The number of carbonyl (C=O) groups excluding carboxylic acids is 2. The molecule has 0 saturated heterocycles. The van der Waals surface area contributed by atoms with Crippen LogP contribution in [0, 0.1) is 0 Å². The van der Waals surface area contributed by atoms with Gasteiger partial charge in [-0.25, -0.2) is 0 Å². The van der Waals surface area contributed by atoms with Crippen LogP contribution >= 0.6 is 0 Å². The summed E-state index contributed by atoms with van der Waals surface area (Å²) in [4.78, 5) is 25.6. The topological polar surface area (TPSA) is 85.9 Å². The minimum Gasteiger partial charge on any atom is -0.497 e. The molecule has 0 aliphatic rings. The Morgan fingerprint density at radius 1 is 0.667 bits per heavy atom. The quantitative estimate of drug-likeness (QED) is 0.614. The van der Waals surface area contributed by atoms with E-state index in [1.165, 1.54) is 14.2 Å². The van der Waals surface area contributed by atoms with Crippen molar-refractivity contribution in [3.8, 4) is 17.2 Å². The number of hydrogen-bond acceptors (Lipinski definition) is 5. The standard InChI is InChI=1S/C23H22N2O5/c1-28-16-8-6-7-15(13-16)24-22(26)18-9-4-5-10-20(18)25-23(27)19-12-11-17(29-2)14-21(19)30-3/h4-14H,1-3H3,(H,24,26)(H,25,27). The lowest BCUT2D eigenvalue weighted by atomic mass is 10.1. The van der Waals surface area contributed by atoms with Crippen molar-refractivity contribution in [3.05, 3.63) is 77.9 Å². The van der Waals surface area contributed by atoms with Gasteiger partial charge in [0.05, 0.1) is 38.1 Å². The van der Waals surface area contributed by atoms with Gasteiger partial charge < -0.3 is 24.8 Å². The fourth-order valence-corrected chi connectivity index (χ4v) is 2.87. The summed E-state index contributed by atoms with van der Waals surface area (Å²) in [7, 11) is 4.56. The van der Waals surface area contributed by atoms with Gasteiger partial charge in [-0.05, 0) is 36.4 Å². The molecular weight excluding hydrogens is 384 g/mol. The highest BCUT2D eigenvalue weighted by Gasteiger charge is 2.17. The molecule has 2 amide bonds. The van der Waals surface area contributed by atoms with E-state index in [1.54, 1.807) is 73.8 Å². The second-order valence-corrected chi connectivity index (χ2v) is 6.25. The highest BCUT2D eigenvalue weighted by atomic mass is 16.5. The van der Waals surface area contributed by atoms with Gasteiger partial charge in [0.1, 0.15) is 17.2 Å². The maximum absolute atomic E-state index is 12.8. The summed E-state index contributed by atoms with van der Waals surface area (Å²) in [6.07, 6.45) is 0. The molecule has 0 bridgehead atoms. The van der Waals surface area contributed by atoms with Crippen LogP contribution in [0.25, 0.3) is 0 Å². The van der Waals surface area contributed by atoms with Crippen LogP contribution in [0.4, 0.5) is 11.4 Å². The predicted molar refractivity (Wildman–Crippen MR) is 115 cm³/mol. The fourth-order valence-electron chi connectivity index (χ4n) is 2.87. The van der Waals surface area contributed by atoms with E-state index in [-0.39, 0.29) is 5.91 Å². The SMILES string of the molecule is COc1cccc(NC(=O)c2ccccc2NC(=O)c2ccc(OC)cc2OC)c1. The van der Waals surface area contributed by atoms with Gasteiger partial charge in [0.2, 0.25) is 0 Å². The largest absolute Gasteiger partial charge is 0.497 e. The van der Waals surface area contributed by atoms with E-state index >= 15 is 0 Å². The van der Waals surface area contributed by atoms with Gasteiger partial charge in [-0.1, -0.05) is 18.2 Å². The van der Waals surface area contributed by atoms with Crippen molar-refractivity contribution >= 4 is 23.2 Å². The van der Waals surface area contributed by atoms with Crippen molar-refractivity contribution in [2.75, 3.05) is 32.0 Å². The van der Waals surface area contributed by atoms with Crippen LogP contribution < -0.4 is 24.8 Å². The van der Waals surface area contributed by atoms with Crippen LogP contribution in [0.3, 0.4) is 0 Å². The minimum absolute atomic E-state index is 0.321. The summed E-state index contributed by atoms with van der Waals surface area (Å²) in [6.45, 7) is 0. The molecule has 2 N–H and O–H groups in total. The lowest BCUT2D eigenvalue weighted by Crippen LogP contribution is -2.18. The number of carbonyl (C=O) groups is 2. The monoisotopic (exact) mass is 406 g/mol. The maximum atomic E-state index is 12.8. The molecule has 0 spiro atoms. The van der Waals surface area contributed by atoms with Gasteiger partial charge in [-0.15, -0.1) is 0 Å². The van der Waals surface area contributed by atoms with Crippen molar-refractivity contribution in [2.45, 2.75) is 0 Å².